The molecule has 4 rings (SSSR count). The monoisotopic (exact) mass is 339 g/mol. The van der Waals surface area contributed by atoms with E-state index in [9.17, 15) is 14.7 Å². The van der Waals surface area contributed by atoms with E-state index in [1.54, 1.807) is 23.1 Å². The molecule has 1 fully saturated rings. The van der Waals surface area contributed by atoms with Gasteiger partial charge in [0, 0.05) is 19.0 Å². The van der Waals surface area contributed by atoms with Crippen LogP contribution in [0.25, 0.3) is 0 Å². The van der Waals surface area contributed by atoms with Crippen molar-refractivity contribution in [2.45, 2.75) is 5.92 Å². The van der Waals surface area contributed by atoms with Gasteiger partial charge in [0.15, 0.2) is 11.5 Å². The molecule has 0 aromatic heterocycles. The van der Waals surface area contributed by atoms with Crippen LogP contribution in [0.2, 0.25) is 0 Å². The van der Waals surface area contributed by atoms with E-state index in [1.807, 2.05) is 30.3 Å². The average molecular weight is 339 g/mol. The van der Waals surface area contributed by atoms with Gasteiger partial charge in [-0.2, -0.15) is 0 Å². The molecule has 2 atom stereocenters. The zero-order valence-corrected chi connectivity index (χ0v) is 13.4. The van der Waals surface area contributed by atoms with E-state index < -0.39 is 11.9 Å². The lowest BCUT2D eigenvalue weighted by molar-refractivity contribution is -0.141. The van der Waals surface area contributed by atoms with E-state index in [0.717, 1.165) is 5.56 Å². The minimum absolute atomic E-state index is 0.0873. The van der Waals surface area contributed by atoms with Crippen molar-refractivity contribution in [3.63, 3.8) is 0 Å². The highest BCUT2D eigenvalue weighted by Crippen LogP contribution is 2.38. The Kier molecular flexibility index (Phi) is 3.80. The number of likely N-dealkylation sites (tertiary alicyclic amines) is 1. The van der Waals surface area contributed by atoms with Crippen LogP contribution in [-0.4, -0.2) is 41.8 Å². The van der Waals surface area contributed by atoms with Crippen LogP contribution in [0.5, 0.6) is 11.5 Å². The molecule has 0 bridgehead atoms. The first kappa shape index (κ1) is 15.5. The number of fused-ring (bicyclic) bond motifs is 1. The molecule has 2 heterocycles. The van der Waals surface area contributed by atoms with Gasteiger partial charge in [-0.05, 0) is 17.7 Å². The van der Waals surface area contributed by atoms with Crippen LogP contribution in [0.15, 0.2) is 48.5 Å². The molecule has 1 saturated heterocycles. The number of ether oxygens (including phenoxy) is 2. The second-order valence-corrected chi connectivity index (χ2v) is 6.21. The van der Waals surface area contributed by atoms with Crippen LogP contribution >= 0.6 is 0 Å². The van der Waals surface area contributed by atoms with Crippen molar-refractivity contribution in [2.75, 3.05) is 19.9 Å². The van der Waals surface area contributed by atoms with E-state index >= 15 is 0 Å². The number of carboxylic acids is 1. The summed E-state index contributed by atoms with van der Waals surface area (Å²) in [5, 5.41) is 9.59. The molecule has 2 aliphatic heterocycles. The number of aliphatic carboxylic acids is 1. The minimum Gasteiger partial charge on any atom is -0.481 e. The second kappa shape index (κ2) is 6.12. The number of rotatable bonds is 3. The van der Waals surface area contributed by atoms with Crippen molar-refractivity contribution in [3.8, 4) is 11.5 Å². The molecular formula is C19H17NO5. The fourth-order valence-electron chi connectivity index (χ4n) is 3.53. The molecule has 0 radical (unpaired) electrons. The number of amides is 1. The third-order valence-corrected chi connectivity index (χ3v) is 4.78. The Morgan fingerprint density at radius 2 is 1.80 bits per heavy atom. The molecule has 0 spiro atoms. The van der Waals surface area contributed by atoms with Crippen LogP contribution in [0.3, 0.4) is 0 Å². The zero-order chi connectivity index (χ0) is 17.4. The van der Waals surface area contributed by atoms with Crippen molar-refractivity contribution in [3.05, 3.63) is 59.7 Å². The number of para-hydroxylation sites is 1. The summed E-state index contributed by atoms with van der Waals surface area (Å²) in [6, 6.07) is 14.6. The minimum atomic E-state index is -0.887. The SMILES string of the molecule is O=C(O)[C@@H]1CN(C(=O)c2cccc3c2OCO3)C[C@H]1c1ccccc1. The molecule has 25 heavy (non-hydrogen) atoms. The first-order chi connectivity index (χ1) is 12.1. The third kappa shape index (κ3) is 2.69. The summed E-state index contributed by atoms with van der Waals surface area (Å²) in [7, 11) is 0. The van der Waals surface area contributed by atoms with Crippen LogP contribution in [0.4, 0.5) is 0 Å². The summed E-state index contributed by atoms with van der Waals surface area (Å²) < 4.78 is 10.7. The van der Waals surface area contributed by atoms with Gasteiger partial charge in [0.05, 0.1) is 11.5 Å². The first-order valence-corrected chi connectivity index (χ1v) is 8.11. The van der Waals surface area contributed by atoms with Gasteiger partial charge >= 0.3 is 5.97 Å². The van der Waals surface area contributed by atoms with E-state index in [-0.39, 0.29) is 25.2 Å². The Morgan fingerprint density at radius 3 is 2.56 bits per heavy atom. The predicted molar refractivity (Wildman–Crippen MR) is 88.8 cm³/mol. The van der Waals surface area contributed by atoms with Crippen molar-refractivity contribution in [1.29, 1.82) is 0 Å². The standard InChI is InChI=1S/C19H17NO5/c21-18(13-7-4-8-16-17(13)25-11-24-16)20-9-14(15(10-20)19(22)23)12-5-2-1-3-6-12/h1-8,14-15H,9-11H2,(H,22,23)/t14-,15+/m0/s1. The van der Waals surface area contributed by atoms with E-state index in [1.165, 1.54) is 0 Å². The summed E-state index contributed by atoms with van der Waals surface area (Å²) in [5.74, 6) is -0.993. The average Bonchev–Trinajstić information content (AvgIpc) is 3.28. The fourth-order valence-corrected chi connectivity index (χ4v) is 3.53. The Morgan fingerprint density at radius 1 is 1.00 bits per heavy atom. The number of benzene rings is 2. The number of hydrogen-bond donors (Lipinski definition) is 1. The molecule has 128 valence electrons. The maximum absolute atomic E-state index is 12.9. The van der Waals surface area contributed by atoms with Crippen LogP contribution < -0.4 is 9.47 Å². The lowest BCUT2D eigenvalue weighted by Gasteiger charge is -2.17. The summed E-state index contributed by atoms with van der Waals surface area (Å²) in [6.45, 7) is 0.632. The maximum Gasteiger partial charge on any atom is 0.308 e. The predicted octanol–water partition coefficient (Wildman–Crippen LogP) is 2.36. The Labute approximate surface area is 144 Å². The lowest BCUT2D eigenvalue weighted by Crippen LogP contribution is -2.30. The van der Waals surface area contributed by atoms with Crippen LogP contribution in [0.1, 0.15) is 21.8 Å². The Hall–Kier alpha value is -3.02. The topological polar surface area (TPSA) is 76.1 Å². The fraction of sp³-hybridized carbons (Fsp3) is 0.263. The van der Waals surface area contributed by atoms with Crippen molar-refractivity contribution >= 4 is 11.9 Å². The molecule has 1 amide bonds. The van der Waals surface area contributed by atoms with E-state index in [2.05, 4.69) is 0 Å². The maximum atomic E-state index is 12.9. The van der Waals surface area contributed by atoms with Gasteiger partial charge in [-0.3, -0.25) is 9.59 Å². The summed E-state index contributed by atoms with van der Waals surface area (Å²) in [4.78, 5) is 26.2. The third-order valence-electron chi connectivity index (χ3n) is 4.78. The van der Waals surface area contributed by atoms with Gasteiger partial charge in [0.2, 0.25) is 6.79 Å². The first-order valence-electron chi connectivity index (χ1n) is 8.11. The number of carbonyl (C=O) groups is 2. The highest BCUT2D eigenvalue weighted by molar-refractivity contribution is 5.98. The molecule has 0 saturated carbocycles. The van der Waals surface area contributed by atoms with Gasteiger partial charge < -0.3 is 19.5 Å². The lowest BCUT2D eigenvalue weighted by atomic mass is 9.89. The molecule has 6 heteroatoms. The summed E-state index contributed by atoms with van der Waals surface area (Å²) >= 11 is 0. The molecule has 0 unspecified atom stereocenters. The highest BCUT2D eigenvalue weighted by Gasteiger charge is 2.41. The Bertz CT molecular complexity index is 820. The molecule has 0 aliphatic carbocycles. The highest BCUT2D eigenvalue weighted by atomic mass is 16.7. The smallest absolute Gasteiger partial charge is 0.308 e. The van der Waals surface area contributed by atoms with Gasteiger partial charge in [-0.25, -0.2) is 0 Å². The Balaban J connectivity index is 1.63. The van der Waals surface area contributed by atoms with Crippen molar-refractivity contribution in [2.24, 2.45) is 5.92 Å². The molecule has 6 nitrogen and oxygen atoms in total. The largest absolute Gasteiger partial charge is 0.481 e. The number of nitrogens with zero attached hydrogens (tertiary/aromatic N) is 1. The van der Waals surface area contributed by atoms with Crippen LogP contribution in [-0.2, 0) is 4.79 Å². The van der Waals surface area contributed by atoms with Gasteiger partial charge in [-0.1, -0.05) is 36.4 Å². The molecule has 2 aliphatic rings. The quantitative estimate of drug-likeness (QED) is 0.929. The van der Waals surface area contributed by atoms with Gasteiger partial charge in [0.25, 0.3) is 5.91 Å². The normalized spacial score (nSPS) is 21.4. The second-order valence-electron chi connectivity index (χ2n) is 6.21. The van der Waals surface area contributed by atoms with Crippen LogP contribution in [0, 0.1) is 5.92 Å². The van der Waals surface area contributed by atoms with Gasteiger partial charge in [0.1, 0.15) is 0 Å². The molecule has 2 aromatic carbocycles. The van der Waals surface area contributed by atoms with Crippen molar-refractivity contribution in [1.82, 2.24) is 4.90 Å². The number of carboxylic acid groups (broad SMARTS) is 1. The molecular weight excluding hydrogens is 322 g/mol. The number of carbonyl (C=O) groups excluding carboxylic acids is 1. The molecule has 1 N–H and O–H groups in total. The summed E-state index contributed by atoms with van der Waals surface area (Å²) in [5.41, 5.74) is 1.34. The van der Waals surface area contributed by atoms with Crippen molar-refractivity contribution < 1.29 is 24.2 Å². The van der Waals surface area contributed by atoms with E-state index in [0.29, 0.717) is 23.6 Å². The summed E-state index contributed by atoms with van der Waals surface area (Å²) in [6.07, 6.45) is 0. The van der Waals surface area contributed by atoms with E-state index in [4.69, 9.17) is 9.47 Å². The number of hydrogen-bond acceptors (Lipinski definition) is 4. The molecule has 2 aromatic rings. The zero-order valence-electron chi connectivity index (χ0n) is 13.4. The van der Waals surface area contributed by atoms with Gasteiger partial charge in [-0.15, -0.1) is 0 Å².